The minimum atomic E-state index is -0.600. The first-order chi connectivity index (χ1) is 6.11. The van der Waals surface area contributed by atoms with E-state index in [0.717, 1.165) is 0 Å². The van der Waals surface area contributed by atoms with E-state index in [1.807, 2.05) is 13.8 Å². The van der Waals surface area contributed by atoms with E-state index in [1.165, 1.54) is 18.2 Å². The molecule has 1 aromatic rings. The van der Waals surface area contributed by atoms with Gasteiger partial charge < -0.3 is 0 Å². The van der Waals surface area contributed by atoms with Gasteiger partial charge >= 0.3 is 0 Å². The molecule has 1 rings (SSSR count). The van der Waals surface area contributed by atoms with Crippen molar-refractivity contribution in [3.63, 3.8) is 0 Å². The Labute approximate surface area is 90.0 Å². The Balaban J connectivity index is 0.000000671. The molecule has 0 saturated carbocycles. The monoisotopic (exact) mass is 266 g/mol. The Bertz CT molecular complexity index is 302. The van der Waals surface area contributed by atoms with Crippen molar-refractivity contribution in [2.45, 2.75) is 13.8 Å². The van der Waals surface area contributed by atoms with Gasteiger partial charge in [0.25, 0.3) is 5.24 Å². The molecule has 0 aliphatic carbocycles. The molecule has 0 saturated heterocycles. The molecule has 1 aromatic carbocycles. The third-order valence-corrected chi connectivity index (χ3v) is 2.00. The standard InChI is InChI=1S/C7H3BrClFO.C2H6/c8-6-3-4(10)1-2-5(6)7(9)11;1-2/h1-3H;1-2H3. The molecular formula is C9H9BrClFO. The van der Waals surface area contributed by atoms with Crippen LogP contribution in [0, 0.1) is 5.82 Å². The Hall–Kier alpha value is -0.410. The Morgan fingerprint density at radius 2 is 2.00 bits per heavy atom. The molecule has 0 unspecified atom stereocenters. The van der Waals surface area contributed by atoms with Crippen molar-refractivity contribution in [3.8, 4) is 0 Å². The lowest BCUT2D eigenvalue weighted by Crippen LogP contribution is -1.90. The van der Waals surface area contributed by atoms with Gasteiger partial charge in [-0.3, -0.25) is 4.79 Å². The van der Waals surface area contributed by atoms with Crippen LogP contribution < -0.4 is 0 Å². The molecule has 4 heteroatoms. The summed E-state index contributed by atoms with van der Waals surface area (Å²) < 4.78 is 12.8. The molecule has 0 bridgehead atoms. The molecule has 0 fully saturated rings. The topological polar surface area (TPSA) is 17.1 Å². The molecule has 0 aliphatic rings. The SMILES string of the molecule is CC.O=C(Cl)c1ccc(F)cc1Br. The van der Waals surface area contributed by atoms with E-state index in [0.29, 0.717) is 4.47 Å². The van der Waals surface area contributed by atoms with Gasteiger partial charge in [0.2, 0.25) is 0 Å². The van der Waals surface area contributed by atoms with Crippen LogP contribution in [-0.2, 0) is 0 Å². The quantitative estimate of drug-likeness (QED) is 0.703. The second kappa shape index (κ2) is 6.11. The lowest BCUT2D eigenvalue weighted by Gasteiger charge is -1.96. The number of carbonyl (C=O) groups is 1. The maximum atomic E-state index is 12.4. The van der Waals surface area contributed by atoms with Crippen LogP contribution in [0.25, 0.3) is 0 Å². The van der Waals surface area contributed by atoms with Gasteiger partial charge in [-0.05, 0) is 45.7 Å². The summed E-state index contributed by atoms with van der Waals surface area (Å²) in [5.74, 6) is -0.404. The van der Waals surface area contributed by atoms with E-state index >= 15 is 0 Å². The number of rotatable bonds is 1. The van der Waals surface area contributed by atoms with Crippen molar-refractivity contribution in [3.05, 3.63) is 34.1 Å². The van der Waals surface area contributed by atoms with Crippen LogP contribution in [0.5, 0.6) is 0 Å². The molecule has 0 aliphatic heterocycles. The van der Waals surface area contributed by atoms with Crippen LogP contribution in [0.2, 0.25) is 0 Å². The van der Waals surface area contributed by atoms with E-state index in [4.69, 9.17) is 11.6 Å². The highest BCUT2D eigenvalue weighted by Crippen LogP contribution is 2.19. The van der Waals surface area contributed by atoms with Crippen molar-refractivity contribution >= 4 is 32.8 Å². The molecule has 0 N–H and O–H groups in total. The fourth-order valence-corrected chi connectivity index (χ4v) is 1.46. The van der Waals surface area contributed by atoms with Crippen LogP contribution in [0.4, 0.5) is 4.39 Å². The van der Waals surface area contributed by atoms with E-state index in [2.05, 4.69) is 15.9 Å². The van der Waals surface area contributed by atoms with Crippen LogP contribution in [0.1, 0.15) is 24.2 Å². The van der Waals surface area contributed by atoms with Gasteiger partial charge in [-0.2, -0.15) is 0 Å². The summed E-state index contributed by atoms with van der Waals surface area (Å²) in [5.41, 5.74) is 0.271. The van der Waals surface area contributed by atoms with Gasteiger partial charge in [-0.1, -0.05) is 13.8 Å². The summed E-state index contributed by atoms with van der Waals surface area (Å²) in [6.07, 6.45) is 0. The van der Waals surface area contributed by atoms with Crippen LogP contribution in [0.15, 0.2) is 22.7 Å². The molecular weight excluding hydrogens is 258 g/mol. The third-order valence-electron chi connectivity index (χ3n) is 1.14. The van der Waals surface area contributed by atoms with Crippen molar-refractivity contribution in [2.24, 2.45) is 0 Å². The zero-order chi connectivity index (χ0) is 10.4. The number of benzene rings is 1. The molecule has 0 radical (unpaired) electrons. The van der Waals surface area contributed by atoms with Crippen LogP contribution >= 0.6 is 27.5 Å². The second-order valence-electron chi connectivity index (χ2n) is 1.90. The van der Waals surface area contributed by atoms with Gasteiger partial charge in [-0.15, -0.1) is 0 Å². The van der Waals surface area contributed by atoms with Crippen molar-refractivity contribution in [1.82, 2.24) is 0 Å². The average molecular weight is 268 g/mol. The predicted octanol–water partition coefficient (Wildman–Crippen LogP) is 3.99. The first kappa shape index (κ1) is 12.6. The van der Waals surface area contributed by atoms with Crippen LogP contribution in [-0.4, -0.2) is 5.24 Å². The minimum absolute atomic E-state index is 0.271. The van der Waals surface area contributed by atoms with E-state index in [9.17, 15) is 9.18 Å². The lowest BCUT2D eigenvalue weighted by molar-refractivity contribution is 0.108. The summed E-state index contributed by atoms with van der Waals surface area (Å²) in [4.78, 5) is 10.6. The molecule has 0 spiro atoms. The van der Waals surface area contributed by atoms with Crippen molar-refractivity contribution in [2.75, 3.05) is 0 Å². The number of hydrogen-bond acceptors (Lipinski definition) is 1. The fourth-order valence-electron chi connectivity index (χ4n) is 0.649. The van der Waals surface area contributed by atoms with Crippen LogP contribution in [0.3, 0.4) is 0 Å². The maximum absolute atomic E-state index is 12.4. The third kappa shape index (κ3) is 3.87. The van der Waals surface area contributed by atoms with Gasteiger partial charge in [-0.25, -0.2) is 4.39 Å². The highest BCUT2D eigenvalue weighted by Gasteiger charge is 2.06. The first-order valence-electron chi connectivity index (χ1n) is 3.76. The first-order valence-corrected chi connectivity index (χ1v) is 4.93. The van der Waals surface area contributed by atoms with E-state index in [-0.39, 0.29) is 5.56 Å². The Morgan fingerprint density at radius 3 is 2.38 bits per heavy atom. The number of carbonyl (C=O) groups excluding carboxylic acids is 1. The van der Waals surface area contributed by atoms with Crippen molar-refractivity contribution in [1.29, 1.82) is 0 Å². The highest BCUT2D eigenvalue weighted by molar-refractivity contribution is 9.10. The number of hydrogen-bond donors (Lipinski definition) is 0. The zero-order valence-electron chi connectivity index (χ0n) is 7.27. The lowest BCUT2D eigenvalue weighted by atomic mass is 10.2. The fraction of sp³-hybridized carbons (Fsp3) is 0.222. The largest absolute Gasteiger partial charge is 0.276 e. The summed E-state index contributed by atoms with van der Waals surface area (Å²) in [5, 5.41) is -0.600. The highest BCUT2D eigenvalue weighted by atomic mass is 79.9. The molecule has 72 valence electrons. The molecule has 1 nitrogen and oxygen atoms in total. The predicted molar refractivity (Wildman–Crippen MR) is 55.6 cm³/mol. The molecule has 0 amide bonds. The van der Waals surface area contributed by atoms with Gasteiger partial charge in [0.05, 0.1) is 0 Å². The van der Waals surface area contributed by atoms with Gasteiger partial charge in [0, 0.05) is 10.0 Å². The molecule has 0 atom stereocenters. The van der Waals surface area contributed by atoms with E-state index < -0.39 is 11.1 Å². The molecule has 0 aromatic heterocycles. The van der Waals surface area contributed by atoms with Crippen molar-refractivity contribution < 1.29 is 9.18 Å². The normalized spacial score (nSPS) is 8.69. The Morgan fingerprint density at radius 1 is 1.46 bits per heavy atom. The average Bonchev–Trinajstić information content (AvgIpc) is 2.07. The van der Waals surface area contributed by atoms with Gasteiger partial charge in [0.1, 0.15) is 5.82 Å². The van der Waals surface area contributed by atoms with Gasteiger partial charge in [0.15, 0.2) is 0 Å². The summed E-state index contributed by atoms with van der Waals surface area (Å²) in [7, 11) is 0. The second-order valence-corrected chi connectivity index (χ2v) is 3.10. The molecule has 0 heterocycles. The number of halogens is 3. The smallest absolute Gasteiger partial charge is 0.253 e. The van der Waals surface area contributed by atoms with E-state index in [1.54, 1.807) is 0 Å². The maximum Gasteiger partial charge on any atom is 0.253 e. The Kier molecular flexibility index (Phi) is 5.91. The molecule has 13 heavy (non-hydrogen) atoms. The minimum Gasteiger partial charge on any atom is -0.276 e. The summed E-state index contributed by atoms with van der Waals surface area (Å²) in [6, 6.07) is 3.70. The summed E-state index contributed by atoms with van der Waals surface area (Å²) >= 11 is 8.17. The zero-order valence-corrected chi connectivity index (χ0v) is 9.62. The summed E-state index contributed by atoms with van der Waals surface area (Å²) in [6.45, 7) is 4.00.